The van der Waals surface area contributed by atoms with Crippen molar-refractivity contribution in [2.45, 2.75) is 52.1 Å². The summed E-state index contributed by atoms with van der Waals surface area (Å²) in [6.45, 7) is 7.30. The average Bonchev–Trinajstić information content (AvgIpc) is 3.14. The van der Waals surface area contributed by atoms with Gasteiger partial charge < -0.3 is 14.4 Å². The molecule has 0 aliphatic carbocycles. The monoisotopic (exact) mass is 450 g/mol. The Bertz CT molecular complexity index is 997. The fourth-order valence-electron chi connectivity index (χ4n) is 3.52. The summed E-state index contributed by atoms with van der Waals surface area (Å²) < 4.78 is 48.9. The third-order valence-corrected chi connectivity index (χ3v) is 4.95. The molecule has 0 unspecified atom stereocenters. The molecule has 1 aliphatic rings. The zero-order chi connectivity index (χ0) is 23.5. The number of aromatic nitrogens is 2. The maximum atomic E-state index is 12.6. The van der Waals surface area contributed by atoms with Crippen LogP contribution >= 0.6 is 0 Å². The van der Waals surface area contributed by atoms with Crippen LogP contribution in [0.25, 0.3) is 11.1 Å². The van der Waals surface area contributed by atoms with Gasteiger partial charge in [-0.2, -0.15) is 10.4 Å². The number of benzene rings is 1. The van der Waals surface area contributed by atoms with Gasteiger partial charge in [0.2, 0.25) is 0 Å². The average molecular weight is 450 g/mol. The minimum atomic E-state index is -4.84. The van der Waals surface area contributed by atoms with Crippen molar-refractivity contribution in [3.8, 4) is 22.9 Å². The Labute approximate surface area is 184 Å². The quantitative estimate of drug-likeness (QED) is 0.657. The number of nitrogens with zero attached hydrogens (tertiary/aromatic N) is 4. The number of rotatable bonds is 4. The number of alkyl halides is 3. The lowest BCUT2D eigenvalue weighted by Gasteiger charge is -2.33. The molecule has 2 heterocycles. The van der Waals surface area contributed by atoms with Gasteiger partial charge in [-0.25, -0.2) is 4.79 Å². The van der Waals surface area contributed by atoms with Crippen molar-refractivity contribution in [1.29, 1.82) is 5.26 Å². The first-order valence-electron chi connectivity index (χ1n) is 10.2. The Morgan fingerprint density at radius 3 is 2.47 bits per heavy atom. The van der Waals surface area contributed by atoms with Crippen LogP contribution in [-0.4, -0.2) is 45.8 Å². The number of amides is 1. The van der Waals surface area contributed by atoms with E-state index < -0.39 is 17.7 Å². The largest absolute Gasteiger partial charge is 0.573 e. The predicted molar refractivity (Wildman–Crippen MR) is 110 cm³/mol. The van der Waals surface area contributed by atoms with Crippen LogP contribution in [-0.2, 0) is 11.3 Å². The highest BCUT2D eigenvalue weighted by molar-refractivity contribution is 5.68. The zero-order valence-corrected chi connectivity index (χ0v) is 18.1. The van der Waals surface area contributed by atoms with Gasteiger partial charge in [-0.1, -0.05) is 0 Å². The van der Waals surface area contributed by atoms with E-state index in [4.69, 9.17) is 10.00 Å². The first-order chi connectivity index (χ1) is 14.9. The summed E-state index contributed by atoms with van der Waals surface area (Å²) in [5.74, 6) is -0.148. The second kappa shape index (κ2) is 9.10. The highest BCUT2D eigenvalue weighted by Crippen LogP contribution is 2.30. The molecule has 0 radical (unpaired) electrons. The summed E-state index contributed by atoms with van der Waals surface area (Å²) >= 11 is 0. The van der Waals surface area contributed by atoms with Crippen LogP contribution in [0.2, 0.25) is 0 Å². The molecule has 1 fully saturated rings. The summed E-state index contributed by atoms with van der Waals surface area (Å²) in [6.07, 6.45) is -0.294. The minimum Gasteiger partial charge on any atom is -0.444 e. The van der Waals surface area contributed by atoms with E-state index in [9.17, 15) is 18.0 Å². The Morgan fingerprint density at radius 1 is 1.19 bits per heavy atom. The highest BCUT2D eigenvalue weighted by atomic mass is 19.4. The van der Waals surface area contributed by atoms with Crippen molar-refractivity contribution in [3.05, 3.63) is 36.2 Å². The third kappa shape index (κ3) is 6.64. The van der Waals surface area contributed by atoms with Crippen molar-refractivity contribution in [1.82, 2.24) is 14.7 Å². The number of piperidine rings is 1. The normalized spacial score (nSPS) is 15.3. The molecule has 0 saturated carbocycles. The van der Waals surface area contributed by atoms with E-state index in [-0.39, 0.29) is 11.7 Å². The maximum absolute atomic E-state index is 12.6. The maximum Gasteiger partial charge on any atom is 0.573 e. The molecule has 0 spiro atoms. The lowest BCUT2D eigenvalue weighted by atomic mass is 9.97. The van der Waals surface area contributed by atoms with Gasteiger partial charge in [0.15, 0.2) is 0 Å². The SMILES string of the molecule is CC(C)(C)OC(=O)N1CCC(Cn2cc(-c3cc(C#N)cc(OC(F)(F)F)c3)cn2)CC1. The van der Waals surface area contributed by atoms with Crippen LogP contribution in [0, 0.1) is 17.2 Å². The number of carbonyl (C=O) groups excluding carboxylic acids is 1. The van der Waals surface area contributed by atoms with Crippen LogP contribution in [0.3, 0.4) is 0 Å². The first kappa shape index (κ1) is 23.4. The number of halogens is 3. The first-order valence-corrected chi connectivity index (χ1v) is 10.2. The second-order valence-corrected chi connectivity index (χ2v) is 8.77. The molecule has 1 aliphatic heterocycles. The zero-order valence-electron chi connectivity index (χ0n) is 18.1. The van der Waals surface area contributed by atoms with Gasteiger partial charge in [0.05, 0.1) is 17.8 Å². The van der Waals surface area contributed by atoms with E-state index in [0.29, 0.717) is 36.7 Å². The molecule has 0 N–H and O–H groups in total. The molecule has 1 saturated heterocycles. The molecule has 2 aromatic rings. The molecule has 0 bridgehead atoms. The molecule has 172 valence electrons. The van der Waals surface area contributed by atoms with E-state index in [1.54, 1.807) is 22.0 Å². The van der Waals surface area contributed by atoms with Gasteiger partial charge >= 0.3 is 12.5 Å². The second-order valence-electron chi connectivity index (χ2n) is 8.77. The van der Waals surface area contributed by atoms with Crippen molar-refractivity contribution in [2.24, 2.45) is 5.92 Å². The van der Waals surface area contributed by atoms with Gasteiger partial charge in [0.25, 0.3) is 0 Å². The molecule has 0 atom stereocenters. The highest BCUT2D eigenvalue weighted by Gasteiger charge is 2.31. The van der Waals surface area contributed by atoms with E-state index in [1.807, 2.05) is 26.8 Å². The standard InChI is InChI=1S/C22H25F3N4O3/c1-21(2,3)32-20(30)28-6-4-15(5-7-28)13-29-14-18(12-27-29)17-8-16(11-26)9-19(10-17)31-22(23,24)25/h8-10,12,14-15H,4-7,13H2,1-3H3. The van der Waals surface area contributed by atoms with Gasteiger partial charge in [-0.15, -0.1) is 13.2 Å². The molecule has 1 aromatic heterocycles. The lowest BCUT2D eigenvalue weighted by molar-refractivity contribution is -0.274. The van der Waals surface area contributed by atoms with Crippen molar-refractivity contribution in [3.63, 3.8) is 0 Å². The molecule has 1 aromatic carbocycles. The summed E-state index contributed by atoms with van der Waals surface area (Å²) in [5.41, 5.74) is 0.520. The molecule has 3 rings (SSSR count). The van der Waals surface area contributed by atoms with E-state index in [0.717, 1.165) is 18.9 Å². The number of likely N-dealkylation sites (tertiary alicyclic amines) is 1. The number of carbonyl (C=O) groups is 1. The summed E-state index contributed by atoms with van der Waals surface area (Å²) in [7, 11) is 0. The van der Waals surface area contributed by atoms with E-state index >= 15 is 0 Å². The number of nitriles is 1. The summed E-state index contributed by atoms with van der Waals surface area (Å²) in [4.78, 5) is 13.9. The van der Waals surface area contributed by atoms with Crippen LogP contribution < -0.4 is 4.74 Å². The number of hydrogen-bond acceptors (Lipinski definition) is 5. The fourth-order valence-corrected chi connectivity index (χ4v) is 3.52. The number of ether oxygens (including phenoxy) is 2. The Morgan fingerprint density at radius 2 is 1.88 bits per heavy atom. The third-order valence-electron chi connectivity index (χ3n) is 4.95. The van der Waals surface area contributed by atoms with Gasteiger partial charge in [-0.3, -0.25) is 4.68 Å². The molecule has 7 nitrogen and oxygen atoms in total. The molecule has 10 heteroatoms. The number of hydrogen-bond donors (Lipinski definition) is 0. The van der Waals surface area contributed by atoms with Crippen LogP contribution in [0.1, 0.15) is 39.2 Å². The fraction of sp³-hybridized carbons (Fsp3) is 0.500. The van der Waals surface area contributed by atoms with Crippen LogP contribution in [0.15, 0.2) is 30.6 Å². The molecule has 32 heavy (non-hydrogen) atoms. The smallest absolute Gasteiger partial charge is 0.444 e. The van der Waals surface area contributed by atoms with Gasteiger partial charge in [0.1, 0.15) is 11.4 Å². The van der Waals surface area contributed by atoms with E-state index in [2.05, 4.69) is 9.84 Å². The van der Waals surface area contributed by atoms with E-state index in [1.165, 1.54) is 12.1 Å². The topological polar surface area (TPSA) is 80.4 Å². The van der Waals surface area contributed by atoms with Crippen LogP contribution in [0.5, 0.6) is 5.75 Å². The van der Waals surface area contributed by atoms with Crippen molar-refractivity contribution >= 4 is 6.09 Å². The Kier molecular flexibility index (Phi) is 6.67. The minimum absolute atomic E-state index is 0.0593. The van der Waals surface area contributed by atoms with Crippen molar-refractivity contribution < 1.29 is 27.4 Å². The Hall–Kier alpha value is -3.22. The van der Waals surface area contributed by atoms with Gasteiger partial charge in [0, 0.05) is 31.4 Å². The van der Waals surface area contributed by atoms with Crippen LogP contribution in [0.4, 0.5) is 18.0 Å². The lowest BCUT2D eigenvalue weighted by Crippen LogP contribution is -2.42. The summed E-state index contributed by atoms with van der Waals surface area (Å²) in [6, 6.07) is 5.61. The summed E-state index contributed by atoms with van der Waals surface area (Å²) in [5, 5.41) is 13.4. The molecular formula is C22H25F3N4O3. The van der Waals surface area contributed by atoms with Crippen molar-refractivity contribution in [2.75, 3.05) is 13.1 Å². The van der Waals surface area contributed by atoms with Gasteiger partial charge in [-0.05, 0) is 63.3 Å². The predicted octanol–water partition coefficient (Wildman–Crippen LogP) is 4.97. The molecular weight excluding hydrogens is 425 g/mol. The molecule has 1 amide bonds. The Balaban J connectivity index is 1.63.